The number of aromatic hydroxyl groups is 1. The number of aromatic nitrogens is 2. The first-order valence-corrected chi connectivity index (χ1v) is 7.13. The molecule has 0 spiro atoms. The number of para-hydroxylation sites is 1. The summed E-state index contributed by atoms with van der Waals surface area (Å²) in [5.41, 5.74) is 2.53. The molecule has 0 bridgehead atoms. The Balaban J connectivity index is 1.86. The molecule has 3 aromatic rings. The van der Waals surface area contributed by atoms with E-state index in [2.05, 4.69) is 15.3 Å². The molecule has 2 aromatic carbocycles. The van der Waals surface area contributed by atoms with E-state index in [1.807, 2.05) is 31.2 Å². The first kappa shape index (κ1) is 14.7. The van der Waals surface area contributed by atoms with Crippen LogP contribution in [0.15, 0.2) is 60.8 Å². The molecule has 0 radical (unpaired) electrons. The van der Waals surface area contributed by atoms with Crippen molar-refractivity contribution in [2.45, 2.75) is 6.92 Å². The number of nitrogens with one attached hydrogen (secondary N) is 1. The van der Waals surface area contributed by atoms with E-state index in [1.165, 1.54) is 6.07 Å². The number of amides is 1. The summed E-state index contributed by atoms with van der Waals surface area (Å²) in [5, 5.41) is 12.5. The van der Waals surface area contributed by atoms with Gasteiger partial charge >= 0.3 is 0 Å². The molecule has 5 heteroatoms. The van der Waals surface area contributed by atoms with E-state index < -0.39 is 0 Å². The van der Waals surface area contributed by atoms with Gasteiger partial charge in [-0.3, -0.25) is 4.79 Å². The molecule has 0 fully saturated rings. The van der Waals surface area contributed by atoms with Gasteiger partial charge in [0.2, 0.25) is 0 Å². The summed E-state index contributed by atoms with van der Waals surface area (Å²) in [5.74, 6) is 0.276. The highest BCUT2D eigenvalue weighted by Gasteiger charge is 2.11. The third kappa shape index (κ3) is 3.35. The van der Waals surface area contributed by atoms with Crippen LogP contribution in [0.25, 0.3) is 11.3 Å². The zero-order valence-electron chi connectivity index (χ0n) is 12.5. The number of aryl methyl sites for hydroxylation is 1. The van der Waals surface area contributed by atoms with Crippen LogP contribution in [-0.4, -0.2) is 21.0 Å². The Kier molecular flexibility index (Phi) is 4.01. The molecular formula is C18H15N3O2. The maximum Gasteiger partial charge on any atom is 0.259 e. The van der Waals surface area contributed by atoms with Gasteiger partial charge in [0, 0.05) is 17.4 Å². The van der Waals surface area contributed by atoms with Crippen LogP contribution in [0, 0.1) is 6.92 Å². The number of benzene rings is 2. The molecule has 3 rings (SSSR count). The summed E-state index contributed by atoms with van der Waals surface area (Å²) in [6.07, 6.45) is 1.70. The van der Waals surface area contributed by atoms with Crippen molar-refractivity contribution in [1.29, 1.82) is 0 Å². The van der Waals surface area contributed by atoms with Crippen LogP contribution in [0.3, 0.4) is 0 Å². The lowest BCUT2D eigenvalue weighted by atomic mass is 10.1. The SMILES string of the molecule is Cc1nccc(-c2cccc(NC(=O)c3ccccc3O)c2)n1. The van der Waals surface area contributed by atoms with Gasteiger partial charge in [-0.05, 0) is 37.3 Å². The molecule has 1 heterocycles. The van der Waals surface area contributed by atoms with Crippen molar-refractivity contribution in [1.82, 2.24) is 9.97 Å². The Bertz CT molecular complexity index is 862. The number of hydrogen-bond donors (Lipinski definition) is 2. The van der Waals surface area contributed by atoms with Gasteiger partial charge in [-0.15, -0.1) is 0 Å². The Morgan fingerprint density at radius 3 is 2.70 bits per heavy atom. The average Bonchev–Trinajstić information content (AvgIpc) is 2.55. The summed E-state index contributed by atoms with van der Waals surface area (Å²) in [6, 6.07) is 15.6. The first-order valence-electron chi connectivity index (χ1n) is 7.13. The number of carbonyl (C=O) groups is 1. The topological polar surface area (TPSA) is 75.1 Å². The quantitative estimate of drug-likeness (QED) is 0.777. The van der Waals surface area contributed by atoms with Gasteiger partial charge < -0.3 is 10.4 Å². The fourth-order valence-corrected chi connectivity index (χ4v) is 2.24. The number of rotatable bonds is 3. The van der Waals surface area contributed by atoms with Crippen molar-refractivity contribution in [3.63, 3.8) is 0 Å². The van der Waals surface area contributed by atoms with Crippen LogP contribution in [0.5, 0.6) is 5.75 Å². The lowest BCUT2D eigenvalue weighted by Gasteiger charge is -2.08. The Morgan fingerprint density at radius 1 is 1.09 bits per heavy atom. The van der Waals surface area contributed by atoms with Gasteiger partial charge in [0.1, 0.15) is 11.6 Å². The Labute approximate surface area is 133 Å². The standard InChI is InChI=1S/C18H15N3O2/c1-12-19-10-9-16(20-12)13-5-4-6-14(11-13)21-18(23)15-7-2-3-8-17(15)22/h2-11,22H,1H3,(H,21,23). The maximum atomic E-state index is 12.2. The fourth-order valence-electron chi connectivity index (χ4n) is 2.24. The molecule has 0 atom stereocenters. The molecule has 0 unspecified atom stereocenters. The molecule has 0 saturated carbocycles. The summed E-state index contributed by atoms with van der Waals surface area (Å²) < 4.78 is 0. The van der Waals surface area contributed by atoms with Gasteiger partial charge in [-0.25, -0.2) is 9.97 Å². The summed E-state index contributed by atoms with van der Waals surface area (Å²) in [4.78, 5) is 20.7. The van der Waals surface area contributed by atoms with Gasteiger partial charge in [0.25, 0.3) is 5.91 Å². The molecule has 0 aliphatic rings. The number of carbonyl (C=O) groups excluding carboxylic acids is 1. The first-order chi connectivity index (χ1) is 11.1. The van der Waals surface area contributed by atoms with Gasteiger partial charge in [0.05, 0.1) is 11.3 Å². The Hall–Kier alpha value is -3.21. The minimum atomic E-state index is -0.362. The molecule has 0 aliphatic heterocycles. The third-order valence-electron chi connectivity index (χ3n) is 3.34. The predicted octanol–water partition coefficient (Wildman–Crippen LogP) is 3.41. The van der Waals surface area contributed by atoms with Gasteiger partial charge in [-0.2, -0.15) is 0 Å². The van der Waals surface area contributed by atoms with E-state index in [9.17, 15) is 9.90 Å². The third-order valence-corrected chi connectivity index (χ3v) is 3.34. The average molecular weight is 305 g/mol. The summed E-state index contributed by atoms with van der Waals surface area (Å²) in [7, 11) is 0. The molecule has 1 aromatic heterocycles. The van der Waals surface area contributed by atoms with E-state index >= 15 is 0 Å². The fraction of sp³-hybridized carbons (Fsp3) is 0.0556. The van der Waals surface area contributed by atoms with E-state index in [4.69, 9.17) is 0 Å². The lowest BCUT2D eigenvalue weighted by molar-refractivity contribution is 0.102. The highest BCUT2D eigenvalue weighted by atomic mass is 16.3. The van der Waals surface area contributed by atoms with Crippen molar-refractivity contribution in [3.8, 4) is 17.0 Å². The zero-order chi connectivity index (χ0) is 16.2. The normalized spacial score (nSPS) is 10.3. The highest BCUT2D eigenvalue weighted by molar-refractivity contribution is 6.06. The maximum absolute atomic E-state index is 12.2. The second kappa shape index (κ2) is 6.27. The Morgan fingerprint density at radius 2 is 1.91 bits per heavy atom. The van der Waals surface area contributed by atoms with Crippen molar-refractivity contribution >= 4 is 11.6 Å². The minimum absolute atomic E-state index is 0.0485. The van der Waals surface area contributed by atoms with E-state index in [0.29, 0.717) is 11.5 Å². The van der Waals surface area contributed by atoms with E-state index in [0.717, 1.165) is 11.3 Å². The highest BCUT2D eigenvalue weighted by Crippen LogP contribution is 2.22. The number of nitrogens with zero attached hydrogens (tertiary/aromatic N) is 2. The van der Waals surface area contributed by atoms with Crippen LogP contribution in [0.2, 0.25) is 0 Å². The number of phenols is 1. The van der Waals surface area contributed by atoms with Crippen LogP contribution in [0.4, 0.5) is 5.69 Å². The molecular weight excluding hydrogens is 290 g/mol. The molecule has 0 aliphatic carbocycles. The van der Waals surface area contributed by atoms with Crippen molar-refractivity contribution < 1.29 is 9.90 Å². The summed E-state index contributed by atoms with van der Waals surface area (Å²) in [6.45, 7) is 1.83. The molecule has 114 valence electrons. The smallest absolute Gasteiger partial charge is 0.259 e. The van der Waals surface area contributed by atoms with Crippen molar-refractivity contribution in [3.05, 3.63) is 72.2 Å². The monoisotopic (exact) mass is 305 g/mol. The van der Waals surface area contributed by atoms with Crippen LogP contribution in [-0.2, 0) is 0 Å². The van der Waals surface area contributed by atoms with Crippen LogP contribution in [0.1, 0.15) is 16.2 Å². The van der Waals surface area contributed by atoms with Crippen molar-refractivity contribution in [2.24, 2.45) is 0 Å². The van der Waals surface area contributed by atoms with Gasteiger partial charge in [-0.1, -0.05) is 24.3 Å². The van der Waals surface area contributed by atoms with Gasteiger partial charge in [0.15, 0.2) is 0 Å². The molecule has 5 nitrogen and oxygen atoms in total. The lowest BCUT2D eigenvalue weighted by Crippen LogP contribution is -2.12. The van der Waals surface area contributed by atoms with Crippen LogP contribution < -0.4 is 5.32 Å². The predicted molar refractivity (Wildman–Crippen MR) is 88.3 cm³/mol. The number of anilines is 1. The second-order valence-corrected chi connectivity index (χ2v) is 5.04. The molecule has 0 saturated heterocycles. The van der Waals surface area contributed by atoms with Crippen molar-refractivity contribution in [2.75, 3.05) is 5.32 Å². The number of hydrogen-bond acceptors (Lipinski definition) is 4. The largest absolute Gasteiger partial charge is 0.507 e. The molecule has 23 heavy (non-hydrogen) atoms. The molecule has 2 N–H and O–H groups in total. The second-order valence-electron chi connectivity index (χ2n) is 5.04. The molecule has 1 amide bonds. The summed E-state index contributed by atoms with van der Waals surface area (Å²) >= 11 is 0. The van der Waals surface area contributed by atoms with E-state index in [-0.39, 0.29) is 17.2 Å². The van der Waals surface area contributed by atoms with E-state index in [1.54, 1.807) is 30.5 Å². The zero-order valence-corrected chi connectivity index (χ0v) is 12.5. The van der Waals surface area contributed by atoms with Crippen LogP contribution >= 0.6 is 0 Å². The minimum Gasteiger partial charge on any atom is -0.507 e. The number of phenolic OH excluding ortho intramolecular Hbond substituents is 1.